The summed E-state index contributed by atoms with van der Waals surface area (Å²) in [7, 11) is 0. The van der Waals surface area contributed by atoms with Crippen molar-refractivity contribution >= 4 is 23.6 Å². The summed E-state index contributed by atoms with van der Waals surface area (Å²) in [5.74, 6) is 0.167. The van der Waals surface area contributed by atoms with E-state index < -0.39 is 4.92 Å². The second-order valence-electron chi connectivity index (χ2n) is 4.88. The summed E-state index contributed by atoms with van der Waals surface area (Å²) in [6.45, 7) is 4.49. The molecule has 0 radical (unpaired) electrons. The van der Waals surface area contributed by atoms with Gasteiger partial charge in [0.15, 0.2) is 5.02 Å². The zero-order valence-electron chi connectivity index (χ0n) is 12.0. The van der Waals surface area contributed by atoms with Gasteiger partial charge in [0.05, 0.1) is 24.7 Å². The Morgan fingerprint density at radius 3 is 2.77 bits per heavy atom. The number of nitrogens with zero attached hydrogens (tertiary/aromatic N) is 2. The van der Waals surface area contributed by atoms with Crippen molar-refractivity contribution in [2.75, 3.05) is 39.5 Å². The van der Waals surface area contributed by atoms with E-state index in [-0.39, 0.29) is 22.0 Å². The summed E-state index contributed by atoms with van der Waals surface area (Å²) in [4.78, 5) is 23.4. The Kier molecular flexibility index (Phi) is 6.11. The van der Waals surface area contributed by atoms with Gasteiger partial charge in [-0.1, -0.05) is 11.6 Å². The Hall–Kier alpha value is -1.70. The van der Waals surface area contributed by atoms with Gasteiger partial charge in [0.1, 0.15) is 12.0 Å². The minimum atomic E-state index is -0.629. The lowest BCUT2D eigenvalue weighted by Gasteiger charge is -2.26. The molecule has 0 aromatic heterocycles. The predicted octanol–water partition coefficient (Wildman–Crippen LogP) is 2.16. The monoisotopic (exact) mass is 328 g/mol. The average Bonchev–Trinajstić information content (AvgIpc) is 2.53. The third-order valence-electron chi connectivity index (χ3n) is 3.36. The molecule has 22 heavy (non-hydrogen) atoms. The number of rotatable bonds is 7. The van der Waals surface area contributed by atoms with Crippen molar-refractivity contribution in [2.24, 2.45) is 0 Å². The number of hydrogen-bond donors (Lipinski definition) is 0. The molecule has 0 atom stereocenters. The molecule has 0 unspecified atom stereocenters. The minimum absolute atomic E-state index is 0.0815. The molecule has 1 aromatic rings. The largest absolute Gasteiger partial charge is 0.492 e. The molecule has 120 valence electrons. The molecule has 2 rings (SSSR count). The Morgan fingerprint density at radius 2 is 2.14 bits per heavy atom. The number of ether oxygens (including phenoxy) is 2. The Bertz CT molecular complexity index is 546. The number of carbonyl (C=O) groups excluding carboxylic acids is 1. The van der Waals surface area contributed by atoms with Gasteiger partial charge in [-0.2, -0.15) is 0 Å². The summed E-state index contributed by atoms with van der Waals surface area (Å²) in [5.41, 5.74) is -0.159. The van der Waals surface area contributed by atoms with Gasteiger partial charge in [0.2, 0.25) is 0 Å². The third-order valence-corrected chi connectivity index (χ3v) is 3.73. The lowest BCUT2D eigenvalue weighted by molar-refractivity contribution is -0.384. The van der Waals surface area contributed by atoms with Crippen LogP contribution in [0.15, 0.2) is 12.1 Å². The minimum Gasteiger partial charge on any atom is -0.492 e. The van der Waals surface area contributed by atoms with Crippen LogP contribution in [0.4, 0.5) is 5.69 Å². The van der Waals surface area contributed by atoms with Crippen molar-refractivity contribution in [3.05, 3.63) is 32.8 Å². The van der Waals surface area contributed by atoms with E-state index >= 15 is 0 Å². The summed E-state index contributed by atoms with van der Waals surface area (Å²) >= 11 is 5.95. The number of carbonyl (C=O) groups is 1. The van der Waals surface area contributed by atoms with E-state index in [2.05, 4.69) is 4.90 Å². The first-order valence-electron chi connectivity index (χ1n) is 6.98. The molecule has 7 nitrogen and oxygen atoms in total. The maximum absolute atomic E-state index is 10.9. The number of halogens is 1. The Morgan fingerprint density at radius 1 is 1.41 bits per heavy atom. The average molecular weight is 329 g/mol. The number of nitro benzene ring substituents is 1. The van der Waals surface area contributed by atoms with Crippen molar-refractivity contribution < 1.29 is 19.2 Å². The molecule has 0 N–H and O–H groups in total. The van der Waals surface area contributed by atoms with Gasteiger partial charge in [-0.05, 0) is 12.5 Å². The van der Waals surface area contributed by atoms with E-state index in [4.69, 9.17) is 21.1 Å². The van der Waals surface area contributed by atoms with Crippen molar-refractivity contribution in [3.63, 3.8) is 0 Å². The molecular weight excluding hydrogens is 312 g/mol. The van der Waals surface area contributed by atoms with E-state index in [1.807, 2.05) is 0 Å². The number of aldehydes is 1. The summed E-state index contributed by atoms with van der Waals surface area (Å²) < 4.78 is 10.8. The highest BCUT2D eigenvalue weighted by Gasteiger charge is 2.19. The van der Waals surface area contributed by atoms with Crippen LogP contribution in [0, 0.1) is 10.1 Å². The first-order valence-corrected chi connectivity index (χ1v) is 7.35. The fourth-order valence-corrected chi connectivity index (χ4v) is 2.44. The highest BCUT2D eigenvalue weighted by Crippen LogP contribution is 2.34. The zero-order valence-corrected chi connectivity index (χ0v) is 12.8. The highest BCUT2D eigenvalue weighted by molar-refractivity contribution is 6.34. The first-order chi connectivity index (χ1) is 10.6. The van der Waals surface area contributed by atoms with Crippen LogP contribution in [-0.2, 0) is 4.74 Å². The second kappa shape index (κ2) is 8.07. The molecule has 0 bridgehead atoms. The number of hydrogen-bond acceptors (Lipinski definition) is 6. The van der Waals surface area contributed by atoms with E-state index in [1.54, 1.807) is 0 Å². The molecule has 1 aliphatic heterocycles. The molecular formula is C14H17ClN2O5. The molecule has 1 aliphatic rings. The molecule has 0 aliphatic carbocycles. The smallest absolute Gasteiger partial charge is 0.292 e. The third kappa shape index (κ3) is 4.40. The van der Waals surface area contributed by atoms with E-state index in [0.29, 0.717) is 12.9 Å². The zero-order chi connectivity index (χ0) is 15.9. The summed E-state index contributed by atoms with van der Waals surface area (Å²) in [6.07, 6.45) is 1.29. The molecule has 0 spiro atoms. The quantitative estimate of drug-likeness (QED) is 0.330. The SMILES string of the molecule is O=Cc1cc(OCCCN2CCOCC2)c(Cl)c([N+](=O)[O-])c1. The lowest BCUT2D eigenvalue weighted by atomic mass is 10.2. The van der Waals surface area contributed by atoms with Crippen LogP contribution in [0.3, 0.4) is 0 Å². The maximum atomic E-state index is 10.9. The van der Waals surface area contributed by atoms with E-state index in [0.717, 1.165) is 45.3 Å². The van der Waals surface area contributed by atoms with Gasteiger partial charge in [-0.15, -0.1) is 0 Å². The highest BCUT2D eigenvalue weighted by atomic mass is 35.5. The molecule has 0 amide bonds. The Labute approximate surface area is 132 Å². The first kappa shape index (κ1) is 16.7. The van der Waals surface area contributed by atoms with Gasteiger partial charge in [0, 0.05) is 31.3 Å². The summed E-state index contributed by atoms with van der Waals surface area (Å²) in [6, 6.07) is 2.55. The van der Waals surface area contributed by atoms with Crippen molar-refractivity contribution in [2.45, 2.75) is 6.42 Å². The number of morpholine rings is 1. The maximum Gasteiger partial charge on any atom is 0.292 e. The van der Waals surface area contributed by atoms with E-state index in [1.165, 1.54) is 6.07 Å². The van der Waals surface area contributed by atoms with Crippen molar-refractivity contribution in [3.8, 4) is 5.75 Å². The van der Waals surface area contributed by atoms with Gasteiger partial charge in [0.25, 0.3) is 5.69 Å². The van der Waals surface area contributed by atoms with Gasteiger partial charge >= 0.3 is 0 Å². The van der Waals surface area contributed by atoms with Crippen LogP contribution >= 0.6 is 11.6 Å². The fraction of sp³-hybridized carbons (Fsp3) is 0.500. The normalized spacial score (nSPS) is 15.5. The standard InChI is InChI=1S/C14H17ClN2O5/c15-14-12(17(19)20)8-11(10-18)9-13(14)22-5-1-2-16-3-6-21-7-4-16/h8-10H,1-7H2. The van der Waals surface area contributed by atoms with Crippen LogP contribution < -0.4 is 4.74 Å². The van der Waals surface area contributed by atoms with E-state index in [9.17, 15) is 14.9 Å². The Balaban J connectivity index is 1.92. The van der Waals surface area contributed by atoms with Crippen LogP contribution in [0.5, 0.6) is 5.75 Å². The van der Waals surface area contributed by atoms with Crippen LogP contribution in [0.1, 0.15) is 16.8 Å². The second-order valence-corrected chi connectivity index (χ2v) is 5.26. The van der Waals surface area contributed by atoms with Crippen molar-refractivity contribution in [1.29, 1.82) is 0 Å². The lowest BCUT2D eigenvalue weighted by Crippen LogP contribution is -2.37. The topological polar surface area (TPSA) is 81.9 Å². The van der Waals surface area contributed by atoms with Gasteiger partial charge < -0.3 is 9.47 Å². The molecule has 8 heteroatoms. The van der Waals surface area contributed by atoms with Gasteiger partial charge in [-0.25, -0.2) is 0 Å². The molecule has 0 saturated carbocycles. The van der Waals surface area contributed by atoms with Crippen LogP contribution in [0.2, 0.25) is 5.02 Å². The number of benzene rings is 1. The molecule has 1 saturated heterocycles. The fourth-order valence-electron chi connectivity index (χ4n) is 2.20. The molecule has 1 aromatic carbocycles. The number of nitro groups is 1. The van der Waals surface area contributed by atoms with Gasteiger partial charge in [-0.3, -0.25) is 19.8 Å². The molecule has 1 heterocycles. The van der Waals surface area contributed by atoms with Crippen molar-refractivity contribution in [1.82, 2.24) is 4.90 Å². The molecule has 1 fully saturated rings. The predicted molar refractivity (Wildman–Crippen MR) is 80.9 cm³/mol. The summed E-state index contributed by atoms with van der Waals surface area (Å²) in [5, 5.41) is 10.8. The van der Waals surface area contributed by atoms with Crippen LogP contribution in [-0.4, -0.2) is 55.6 Å². The van der Waals surface area contributed by atoms with Crippen LogP contribution in [0.25, 0.3) is 0 Å².